The summed E-state index contributed by atoms with van der Waals surface area (Å²) in [4.78, 5) is 2.07. The number of hydrogen-bond donors (Lipinski definition) is 2. The van der Waals surface area contributed by atoms with Gasteiger partial charge in [0.15, 0.2) is 6.23 Å². The Hall–Kier alpha value is -3.18. The van der Waals surface area contributed by atoms with Crippen LogP contribution in [0.25, 0.3) is 11.3 Å². The average molecular weight is 447 g/mol. The number of benzene rings is 2. The van der Waals surface area contributed by atoms with Crippen LogP contribution in [-0.4, -0.2) is 38.5 Å². The number of nitriles is 1. The Balaban J connectivity index is 1.66. The van der Waals surface area contributed by atoms with Crippen LogP contribution in [0.1, 0.15) is 60.8 Å². The Labute approximate surface area is 194 Å². The fourth-order valence-corrected chi connectivity index (χ4v) is 4.46. The van der Waals surface area contributed by atoms with E-state index in [-0.39, 0.29) is 12.6 Å². The monoisotopic (exact) mass is 446 g/mol. The van der Waals surface area contributed by atoms with Gasteiger partial charge in [-0.2, -0.15) is 10.4 Å². The Bertz CT molecular complexity index is 1130. The highest BCUT2D eigenvalue weighted by Gasteiger charge is 2.33. The van der Waals surface area contributed by atoms with Gasteiger partial charge in [-0.25, -0.2) is 0 Å². The highest BCUT2D eigenvalue weighted by Crippen LogP contribution is 2.36. The molecule has 0 fully saturated rings. The number of ether oxygens (including phenoxy) is 1. The zero-order valence-electron chi connectivity index (χ0n) is 19.1. The van der Waals surface area contributed by atoms with Crippen LogP contribution in [0.4, 0.5) is 0 Å². The molecule has 0 saturated heterocycles. The van der Waals surface area contributed by atoms with Gasteiger partial charge in [0.1, 0.15) is 5.75 Å². The summed E-state index contributed by atoms with van der Waals surface area (Å²) in [6, 6.07) is 17.4. The molecule has 33 heavy (non-hydrogen) atoms. The van der Waals surface area contributed by atoms with E-state index in [1.807, 2.05) is 53.2 Å². The lowest BCUT2D eigenvalue weighted by Gasteiger charge is -2.37. The van der Waals surface area contributed by atoms with E-state index >= 15 is 0 Å². The molecule has 0 bridgehead atoms. The molecule has 2 unspecified atom stereocenters. The molecule has 172 valence electrons. The number of nitrogens with zero attached hydrogens (tertiary/aromatic N) is 4. The van der Waals surface area contributed by atoms with Crippen molar-refractivity contribution in [2.24, 2.45) is 0 Å². The van der Waals surface area contributed by atoms with Gasteiger partial charge in [-0.05, 0) is 48.4 Å². The van der Waals surface area contributed by atoms with Gasteiger partial charge in [0, 0.05) is 24.2 Å². The van der Waals surface area contributed by atoms with Crippen molar-refractivity contribution >= 4 is 0 Å². The lowest BCUT2D eigenvalue weighted by molar-refractivity contribution is -0.0415. The minimum Gasteiger partial charge on any atom is -0.496 e. The van der Waals surface area contributed by atoms with Crippen LogP contribution in [0.15, 0.2) is 48.5 Å². The van der Waals surface area contributed by atoms with Crippen LogP contribution < -0.4 is 4.74 Å². The molecule has 0 spiro atoms. The fourth-order valence-electron chi connectivity index (χ4n) is 4.46. The second-order valence-electron chi connectivity index (χ2n) is 8.49. The van der Waals surface area contributed by atoms with Crippen molar-refractivity contribution < 1.29 is 14.9 Å². The number of hydrogen-bond acceptors (Lipinski definition) is 6. The van der Waals surface area contributed by atoms with Gasteiger partial charge in [0.05, 0.1) is 42.8 Å². The van der Waals surface area contributed by atoms with Gasteiger partial charge in [-0.1, -0.05) is 31.9 Å². The van der Waals surface area contributed by atoms with Gasteiger partial charge in [0.2, 0.25) is 0 Å². The van der Waals surface area contributed by atoms with E-state index in [4.69, 9.17) is 15.1 Å². The Morgan fingerprint density at radius 3 is 2.64 bits per heavy atom. The third-order valence-electron chi connectivity index (χ3n) is 6.27. The summed E-state index contributed by atoms with van der Waals surface area (Å²) in [5.41, 5.74) is 4.80. The van der Waals surface area contributed by atoms with Crippen molar-refractivity contribution in [1.29, 1.82) is 5.26 Å². The lowest BCUT2D eigenvalue weighted by atomic mass is 10.0. The Morgan fingerprint density at radius 2 is 1.97 bits per heavy atom. The number of unbranched alkanes of at least 4 members (excludes halogenated alkanes) is 1. The van der Waals surface area contributed by atoms with E-state index in [1.54, 1.807) is 7.11 Å². The summed E-state index contributed by atoms with van der Waals surface area (Å²) >= 11 is 0. The van der Waals surface area contributed by atoms with Crippen LogP contribution in [-0.2, 0) is 13.2 Å². The molecular formula is C26H30N4O3. The van der Waals surface area contributed by atoms with E-state index in [9.17, 15) is 10.2 Å². The van der Waals surface area contributed by atoms with Gasteiger partial charge in [0.25, 0.3) is 0 Å². The van der Waals surface area contributed by atoms with E-state index in [2.05, 4.69) is 17.9 Å². The number of aromatic nitrogens is 2. The predicted octanol–water partition coefficient (Wildman–Crippen LogP) is 4.16. The van der Waals surface area contributed by atoms with E-state index in [1.165, 1.54) is 0 Å². The minimum absolute atomic E-state index is 0.120. The predicted molar refractivity (Wildman–Crippen MR) is 125 cm³/mol. The molecule has 0 radical (unpaired) electrons. The maximum Gasteiger partial charge on any atom is 0.150 e. The van der Waals surface area contributed by atoms with Crippen molar-refractivity contribution in [2.75, 3.05) is 13.7 Å². The summed E-state index contributed by atoms with van der Waals surface area (Å²) in [5, 5.41) is 34.8. The molecular weight excluding hydrogens is 416 g/mol. The molecule has 2 heterocycles. The van der Waals surface area contributed by atoms with Crippen molar-refractivity contribution in [3.63, 3.8) is 0 Å². The first kappa shape index (κ1) is 23.0. The number of rotatable bonds is 8. The molecule has 0 amide bonds. The van der Waals surface area contributed by atoms with Crippen LogP contribution in [0.2, 0.25) is 0 Å². The third-order valence-corrected chi connectivity index (χ3v) is 6.27. The first-order valence-corrected chi connectivity index (χ1v) is 11.4. The molecule has 0 saturated carbocycles. The van der Waals surface area contributed by atoms with Crippen molar-refractivity contribution in [2.45, 2.75) is 51.6 Å². The normalized spacial score (nSPS) is 18.0. The maximum absolute atomic E-state index is 11.2. The summed E-state index contributed by atoms with van der Waals surface area (Å²) in [7, 11) is 1.58. The quantitative estimate of drug-likeness (QED) is 0.540. The zero-order chi connectivity index (χ0) is 23.4. The topological polar surface area (TPSA) is 94.5 Å². The SMILES string of the molecule is CCCCC1CN(Cc2ccc(C#N)cc2)C(O)c2cc(-c3ccc(OC)c(CO)c3)nn21. The smallest absolute Gasteiger partial charge is 0.150 e. The summed E-state index contributed by atoms with van der Waals surface area (Å²) in [6.45, 7) is 3.34. The average Bonchev–Trinajstić information content (AvgIpc) is 3.31. The molecule has 2 atom stereocenters. The molecule has 4 rings (SSSR count). The third kappa shape index (κ3) is 4.79. The Kier molecular flexibility index (Phi) is 7.09. The number of aliphatic hydroxyl groups is 2. The first-order valence-electron chi connectivity index (χ1n) is 11.4. The van der Waals surface area contributed by atoms with Gasteiger partial charge in [-0.15, -0.1) is 0 Å². The summed E-state index contributed by atoms with van der Waals surface area (Å²) in [5.74, 6) is 0.639. The standard InChI is InChI=1S/C26H30N4O3/c1-3-4-5-22-16-29(15-19-8-6-18(14-27)7-9-19)26(32)24-13-23(28-30(22)24)20-10-11-25(33-2)21(12-20)17-31/h6-13,22,26,31-32H,3-5,15-17H2,1-2H3. The molecule has 7 nitrogen and oxygen atoms in total. The van der Waals surface area contributed by atoms with Crippen LogP contribution in [0.5, 0.6) is 5.75 Å². The van der Waals surface area contributed by atoms with E-state index in [0.29, 0.717) is 30.0 Å². The van der Waals surface area contributed by atoms with Crippen molar-refractivity contribution in [3.05, 3.63) is 70.9 Å². The first-order chi connectivity index (χ1) is 16.1. The molecule has 2 aromatic carbocycles. The molecule has 0 aliphatic carbocycles. The highest BCUT2D eigenvalue weighted by atomic mass is 16.5. The van der Waals surface area contributed by atoms with E-state index < -0.39 is 6.23 Å². The highest BCUT2D eigenvalue weighted by molar-refractivity contribution is 5.62. The molecule has 2 N–H and O–H groups in total. The molecule has 1 aliphatic heterocycles. The number of fused-ring (bicyclic) bond motifs is 1. The molecule has 1 aliphatic rings. The molecule has 3 aromatic rings. The maximum atomic E-state index is 11.2. The molecule has 7 heteroatoms. The zero-order valence-corrected chi connectivity index (χ0v) is 19.1. The van der Waals surface area contributed by atoms with Gasteiger partial charge < -0.3 is 14.9 Å². The second kappa shape index (κ2) is 10.2. The second-order valence-corrected chi connectivity index (χ2v) is 8.49. The largest absolute Gasteiger partial charge is 0.496 e. The van der Waals surface area contributed by atoms with E-state index in [0.717, 1.165) is 41.8 Å². The van der Waals surface area contributed by atoms with Crippen LogP contribution in [0.3, 0.4) is 0 Å². The summed E-state index contributed by atoms with van der Waals surface area (Å²) in [6.07, 6.45) is 2.37. The van der Waals surface area contributed by atoms with Gasteiger partial charge in [-0.3, -0.25) is 9.58 Å². The minimum atomic E-state index is -0.782. The van der Waals surface area contributed by atoms with Crippen molar-refractivity contribution in [3.8, 4) is 23.1 Å². The number of aliphatic hydroxyl groups excluding tert-OH is 2. The van der Waals surface area contributed by atoms with Gasteiger partial charge >= 0.3 is 0 Å². The van der Waals surface area contributed by atoms with Crippen LogP contribution in [0, 0.1) is 11.3 Å². The lowest BCUT2D eigenvalue weighted by Crippen LogP contribution is -2.40. The summed E-state index contributed by atoms with van der Waals surface area (Å²) < 4.78 is 7.30. The van der Waals surface area contributed by atoms with Crippen molar-refractivity contribution in [1.82, 2.24) is 14.7 Å². The Morgan fingerprint density at radius 1 is 1.18 bits per heavy atom. The van der Waals surface area contributed by atoms with Crippen LogP contribution >= 0.6 is 0 Å². The molecule has 1 aromatic heterocycles. The fraction of sp³-hybridized carbons (Fsp3) is 0.385. The number of methoxy groups -OCH3 is 1.